The molecule has 1 atom stereocenters. The third-order valence-corrected chi connectivity index (χ3v) is 4.16. The normalized spacial score (nSPS) is 12.7. The lowest BCUT2D eigenvalue weighted by Gasteiger charge is -2.15. The van der Waals surface area contributed by atoms with Crippen LogP contribution in [0.1, 0.15) is 42.4 Å². The number of aromatic nitrogens is 2. The van der Waals surface area contributed by atoms with Gasteiger partial charge in [-0.05, 0) is 45.4 Å². The van der Waals surface area contributed by atoms with Crippen LogP contribution in [0, 0.1) is 13.8 Å². The molecule has 2 rings (SSSR count). The van der Waals surface area contributed by atoms with Crippen molar-refractivity contribution in [2.75, 3.05) is 0 Å². The van der Waals surface area contributed by atoms with Gasteiger partial charge in [-0.15, -0.1) is 0 Å². The minimum atomic E-state index is 0.300. The molecule has 1 unspecified atom stereocenters. The molecule has 4 heteroatoms. The van der Waals surface area contributed by atoms with Gasteiger partial charge in [-0.1, -0.05) is 28.1 Å². The predicted molar refractivity (Wildman–Crippen MR) is 86.8 cm³/mol. The van der Waals surface area contributed by atoms with E-state index in [4.69, 9.17) is 0 Å². The molecule has 0 bridgehead atoms. The summed E-state index contributed by atoms with van der Waals surface area (Å²) in [6.07, 6.45) is 0. The zero-order valence-corrected chi connectivity index (χ0v) is 14.2. The van der Waals surface area contributed by atoms with E-state index in [-0.39, 0.29) is 0 Å². The van der Waals surface area contributed by atoms with Crippen molar-refractivity contribution in [2.24, 2.45) is 0 Å². The maximum atomic E-state index is 4.59. The quantitative estimate of drug-likeness (QED) is 0.890. The van der Waals surface area contributed by atoms with Gasteiger partial charge in [-0.3, -0.25) is 4.68 Å². The van der Waals surface area contributed by atoms with E-state index in [1.54, 1.807) is 0 Å². The molecule has 1 N–H and O–H groups in total. The summed E-state index contributed by atoms with van der Waals surface area (Å²) in [4.78, 5) is 0. The maximum Gasteiger partial charge on any atom is 0.0644 e. The minimum absolute atomic E-state index is 0.300. The number of nitrogens with one attached hydrogen (secondary N) is 1. The summed E-state index contributed by atoms with van der Waals surface area (Å²) in [6.45, 7) is 10.3. The molecule has 2 aromatic rings. The summed E-state index contributed by atoms with van der Waals surface area (Å²) in [5.74, 6) is 0. The predicted octanol–water partition coefficient (Wildman–Crippen LogP) is 4.13. The molecule has 0 fully saturated rings. The van der Waals surface area contributed by atoms with Gasteiger partial charge in [0.25, 0.3) is 0 Å². The van der Waals surface area contributed by atoms with Gasteiger partial charge >= 0.3 is 0 Å². The largest absolute Gasteiger partial charge is 0.306 e. The fourth-order valence-corrected chi connectivity index (χ4v) is 3.11. The van der Waals surface area contributed by atoms with Crippen LogP contribution >= 0.6 is 15.9 Å². The SMILES string of the molecule is CCn1nc(C)c(C(C)NCc2cccc(Br)c2)c1C. The van der Waals surface area contributed by atoms with E-state index < -0.39 is 0 Å². The first-order valence-electron chi connectivity index (χ1n) is 7.04. The van der Waals surface area contributed by atoms with Crippen LogP contribution < -0.4 is 5.32 Å². The molecule has 0 spiro atoms. The van der Waals surface area contributed by atoms with Gasteiger partial charge in [-0.25, -0.2) is 0 Å². The Balaban J connectivity index is 2.09. The summed E-state index contributed by atoms with van der Waals surface area (Å²) < 4.78 is 3.19. The summed E-state index contributed by atoms with van der Waals surface area (Å²) in [5.41, 5.74) is 4.99. The molecular formula is C16H22BrN3. The summed E-state index contributed by atoms with van der Waals surface area (Å²) >= 11 is 3.51. The lowest BCUT2D eigenvalue weighted by Crippen LogP contribution is -2.19. The number of hydrogen-bond donors (Lipinski definition) is 1. The van der Waals surface area contributed by atoms with Crippen LogP contribution in [0.2, 0.25) is 0 Å². The molecule has 0 radical (unpaired) electrons. The third-order valence-electron chi connectivity index (χ3n) is 3.67. The average Bonchev–Trinajstić information content (AvgIpc) is 2.71. The van der Waals surface area contributed by atoms with E-state index in [1.807, 2.05) is 6.07 Å². The molecule has 0 saturated carbocycles. The highest BCUT2D eigenvalue weighted by Crippen LogP contribution is 2.22. The number of nitrogens with zero attached hydrogens (tertiary/aromatic N) is 2. The van der Waals surface area contributed by atoms with E-state index in [0.717, 1.165) is 23.3 Å². The van der Waals surface area contributed by atoms with Gasteiger partial charge in [0, 0.05) is 34.9 Å². The third kappa shape index (κ3) is 3.30. The Morgan fingerprint density at radius 2 is 2.10 bits per heavy atom. The van der Waals surface area contributed by atoms with Gasteiger partial charge in [0.2, 0.25) is 0 Å². The van der Waals surface area contributed by atoms with Crippen LogP contribution in [0.4, 0.5) is 0 Å². The van der Waals surface area contributed by atoms with Crippen molar-refractivity contribution in [3.63, 3.8) is 0 Å². The highest BCUT2D eigenvalue weighted by Gasteiger charge is 2.16. The molecule has 3 nitrogen and oxygen atoms in total. The second-order valence-corrected chi connectivity index (χ2v) is 6.05. The molecule has 0 aliphatic rings. The molecule has 0 saturated heterocycles. The topological polar surface area (TPSA) is 29.9 Å². The summed E-state index contributed by atoms with van der Waals surface area (Å²) in [5, 5.41) is 8.18. The standard InChI is InChI=1S/C16H22BrN3/c1-5-20-13(4)16(12(3)19-20)11(2)18-10-14-7-6-8-15(17)9-14/h6-9,11,18H,5,10H2,1-4H3. The first-order valence-corrected chi connectivity index (χ1v) is 7.84. The number of rotatable bonds is 5. The molecule has 1 heterocycles. The van der Waals surface area contributed by atoms with Gasteiger partial charge in [0.05, 0.1) is 5.69 Å². The second kappa shape index (κ2) is 6.55. The Labute approximate surface area is 129 Å². The Kier molecular flexibility index (Phi) is 5.00. The Morgan fingerprint density at radius 3 is 2.70 bits per heavy atom. The summed E-state index contributed by atoms with van der Waals surface area (Å²) in [7, 11) is 0. The van der Waals surface area contributed by atoms with Crippen molar-refractivity contribution in [3.05, 3.63) is 51.3 Å². The zero-order chi connectivity index (χ0) is 14.7. The van der Waals surface area contributed by atoms with E-state index in [9.17, 15) is 0 Å². The van der Waals surface area contributed by atoms with Crippen LogP contribution in [-0.2, 0) is 13.1 Å². The van der Waals surface area contributed by atoms with Gasteiger partial charge in [0.1, 0.15) is 0 Å². The molecule has 0 amide bonds. The Hall–Kier alpha value is -1.13. The number of benzene rings is 1. The van der Waals surface area contributed by atoms with Crippen molar-refractivity contribution in [1.29, 1.82) is 0 Å². The minimum Gasteiger partial charge on any atom is -0.306 e. The fraction of sp³-hybridized carbons (Fsp3) is 0.438. The smallest absolute Gasteiger partial charge is 0.0644 e. The molecule has 0 aliphatic carbocycles. The molecular weight excluding hydrogens is 314 g/mol. The lowest BCUT2D eigenvalue weighted by atomic mass is 10.1. The highest BCUT2D eigenvalue weighted by atomic mass is 79.9. The molecule has 1 aromatic heterocycles. The van der Waals surface area contributed by atoms with Crippen LogP contribution in [0.5, 0.6) is 0 Å². The van der Waals surface area contributed by atoms with Gasteiger partial charge in [0.15, 0.2) is 0 Å². The van der Waals surface area contributed by atoms with Crippen LogP contribution in [-0.4, -0.2) is 9.78 Å². The summed E-state index contributed by atoms with van der Waals surface area (Å²) in [6, 6.07) is 8.70. The van der Waals surface area contributed by atoms with Crippen LogP contribution in [0.15, 0.2) is 28.7 Å². The molecule has 1 aromatic carbocycles. The van der Waals surface area contributed by atoms with E-state index in [2.05, 4.69) is 76.9 Å². The monoisotopic (exact) mass is 335 g/mol. The zero-order valence-electron chi connectivity index (χ0n) is 12.6. The van der Waals surface area contributed by atoms with E-state index in [0.29, 0.717) is 6.04 Å². The van der Waals surface area contributed by atoms with Gasteiger partial charge in [-0.2, -0.15) is 5.10 Å². The number of hydrogen-bond acceptors (Lipinski definition) is 2. The molecule has 20 heavy (non-hydrogen) atoms. The fourth-order valence-electron chi connectivity index (χ4n) is 2.67. The first-order chi connectivity index (χ1) is 9.52. The van der Waals surface area contributed by atoms with Crippen LogP contribution in [0.25, 0.3) is 0 Å². The van der Waals surface area contributed by atoms with Crippen molar-refractivity contribution in [2.45, 2.75) is 46.8 Å². The Bertz CT molecular complexity index is 589. The number of aryl methyl sites for hydroxylation is 2. The molecule has 0 aliphatic heterocycles. The Morgan fingerprint density at radius 1 is 1.35 bits per heavy atom. The first kappa shape index (κ1) is 15.3. The van der Waals surface area contributed by atoms with Crippen molar-refractivity contribution in [1.82, 2.24) is 15.1 Å². The second-order valence-electron chi connectivity index (χ2n) is 5.13. The van der Waals surface area contributed by atoms with Gasteiger partial charge < -0.3 is 5.32 Å². The maximum absolute atomic E-state index is 4.59. The highest BCUT2D eigenvalue weighted by molar-refractivity contribution is 9.10. The number of halogens is 1. The molecule has 108 valence electrons. The van der Waals surface area contributed by atoms with E-state index >= 15 is 0 Å². The van der Waals surface area contributed by atoms with Crippen molar-refractivity contribution in [3.8, 4) is 0 Å². The van der Waals surface area contributed by atoms with E-state index in [1.165, 1.54) is 16.8 Å². The van der Waals surface area contributed by atoms with Crippen molar-refractivity contribution >= 4 is 15.9 Å². The average molecular weight is 336 g/mol. The van der Waals surface area contributed by atoms with Crippen molar-refractivity contribution < 1.29 is 0 Å². The lowest BCUT2D eigenvalue weighted by molar-refractivity contribution is 0.566. The van der Waals surface area contributed by atoms with Crippen LogP contribution in [0.3, 0.4) is 0 Å².